The molecule has 0 bridgehead atoms. The fraction of sp³-hybridized carbons (Fsp3) is 0.929. The van der Waals surface area contributed by atoms with Gasteiger partial charge in [-0.15, -0.1) is 24.0 Å². The highest BCUT2D eigenvalue weighted by Gasteiger charge is 2.31. The predicted octanol–water partition coefficient (Wildman–Crippen LogP) is 1.48. The number of hydrogen-bond acceptors (Lipinski definition) is 4. The number of halogens is 1. The Morgan fingerprint density at radius 3 is 2.70 bits per heavy atom. The van der Waals surface area contributed by atoms with E-state index in [0.29, 0.717) is 18.3 Å². The first-order valence-electron chi connectivity index (χ1n) is 8.11. The van der Waals surface area contributed by atoms with Crippen LogP contribution in [0.25, 0.3) is 0 Å². The summed E-state index contributed by atoms with van der Waals surface area (Å²) in [5.41, 5.74) is 0. The lowest BCUT2D eigenvalue weighted by atomic mass is 10.2. The second-order valence-corrected chi connectivity index (χ2v) is 9.25. The van der Waals surface area contributed by atoms with Crippen LogP contribution in [0.1, 0.15) is 32.6 Å². The van der Waals surface area contributed by atoms with Crippen LogP contribution in [0.5, 0.6) is 0 Å². The molecular formula is C14H29IN4O2S2. The van der Waals surface area contributed by atoms with Crippen molar-refractivity contribution in [2.75, 3.05) is 38.2 Å². The van der Waals surface area contributed by atoms with E-state index in [9.17, 15) is 8.42 Å². The summed E-state index contributed by atoms with van der Waals surface area (Å²) in [7, 11) is -3.12. The normalized spacial score (nSPS) is 26.1. The van der Waals surface area contributed by atoms with Gasteiger partial charge in [-0.3, -0.25) is 4.99 Å². The maximum absolute atomic E-state index is 11.8. The first-order chi connectivity index (χ1) is 10.5. The Morgan fingerprint density at radius 2 is 2.09 bits per heavy atom. The van der Waals surface area contributed by atoms with Gasteiger partial charge < -0.3 is 10.6 Å². The maximum atomic E-state index is 11.8. The average molecular weight is 476 g/mol. The van der Waals surface area contributed by atoms with Gasteiger partial charge in [0.15, 0.2) is 5.96 Å². The van der Waals surface area contributed by atoms with Gasteiger partial charge in [0.05, 0.1) is 12.8 Å². The SMILES string of the molecule is CCNC(=NC[C@H]1CCCN1S(C)(=O)=O)NCC1CCCS1.I. The summed E-state index contributed by atoms with van der Waals surface area (Å²) < 4.78 is 25.1. The van der Waals surface area contributed by atoms with E-state index in [4.69, 9.17) is 0 Å². The van der Waals surface area contributed by atoms with Crippen molar-refractivity contribution in [1.82, 2.24) is 14.9 Å². The van der Waals surface area contributed by atoms with Gasteiger partial charge in [0.1, 0.15) is 0 Å². The zero-order valence-electron chi connectivity index (χ0n) is 14.0. The quantitative estimate of drug-likeness (QED) is 0.345. The minimum absolute atomic E-state index is 0. The lowest BCUT2D eigenvalue weighted by Gasteiger charge is -2.21. The van der Waals surface area contributed by atoms with Crippen LogP contribution < -0.4 is 10.6 Å². The Bertz CT molecular complexity index is 481. The van der Waals surface area contributed by atoms with Crippen molar-refractivity contribution in [2.24, 2.45) is 4.99 Å². The molecule has 6 nitrogen and oxygen atoms in total. The van der Waals surface area contributed by atoms with E-state index in [1.165, 1.54) is 24.9 Å². The molecule has 9 heteroatoms. The van der Waals surface area contributed by atoms with E-state index in [1.54, 1.807) is 4.31 Å². The number of nitrogens with zero attached hydrogens (tertiary/aromatic N) is 2. The molecule has 0 aromatic carbocycles. The third kappa shape index (κ3) is 6.95. The Balaban J connectivity index is 0.00000264. The van der Waals surface area contributed by atoms with Crippen LogP contribution in [0, 0.1) is 0 Å². The molecule has 2 rings (SSSR count). The number of sulfonamides is 1. The van der Waals surface area contributed by atoms with Crippen LogP contribution in [0.15, 0.2) is 4.99 Å². The maximum Gasteiger partial charge on any atom is 0.211 e. The smallest absolute Gasteiger partial charge is 0.211 e. The third-order valence-electron chi connectivity index (χ3n) is 4.07. The van der Waals surface area contributed by atoms with Gasteiger partial charge in [-0.1, -0.05) is 0 Å². The Labute approximate surface area is 161 Å². The summed E-state index contributed by atoms with van der Waals surface area (Å²) >= 11 is 2.02. The monoisotopic (exact) mass is 476 g/mol. The molecule has 0 aliphatic carbocycles. The summed E-state index contributed by atoms with van der Waals surface area (Å²) in [4.78, 5) is 4.60. The molecule has 2 saturated heterocycles. The van der Waals surface area contributed by atoms with Gasteiger partial charge in [0, 0.05) is 30.9 Å². The van der Waals surface area contributed by atoms with E-state index >= 15 is 0 Å². The van der Waals surface area contributed by atoms with Crippen LogP contribution in [-0.2, 0) is 10.0 Å². The Kier molecular flexibility index (Phi) is 9.54. The number of rotatable bonds is 6. The van der Waals surface area contributed by atoms with E-state index in [-0.39, 0.29) is 30.0 Å². The van der Waals surface area contributed by atoms with Gasteiger partial charge in [-0.2, -0.15) is 16.1 Å². The van der Waals surface area contributed by atoms with Crippen molar-refractivity contribution >= 4 is 51.7 Å². The van der Waals surface area contributed by atoms with Crippen molar-refractivity contribution < 1.29 is 8.42 Å². The molecular weight excluding hydrogens is 447 g/mol. The fourth-order valence-corrected chi connectivity index (χ4v) is 5.36. The predicted molar refractivity (Wildman–Crippen MR) is 109 cm³/mol. The van der Waals surface area contributed by atoms with Crippen LogP contribution in [-0.4, -0.2) is 68.2 Å². The largest absolute Gasteiger partial charge is 0.357 e. The van der Waals surface area contributed by atoms with Crippen LogP contribution >= 0.6 is 35.7 Å². The van der Waals surface area contributed by atoms with Gasteiger partial charge in [-0.25, -0.2) is 8.42 Å². The summed E-state index contributed by atoms with van der Waals surface area (Å²) in [6, 6.07) is 0.00584. The molecule has 0 radical (unpaired) electrons. The van der Waals surface area contributed by atoms with Gasteiger partial charge in [-0.05, 0) is 38.4 Å². The molecule has 0 aromatic heterocycles. The minimum atomic E-state index is -3.12. The highest BCUT2D eigenvalue weighted by molar-refractivity contribution is 14.0. The highest BCUT2D eigenvalue weighted by atomic mass is 127. The molecule has 0 saturated carbocycles. The molecule has 0 aromatic rings. The zero-order valence-corrected chi connectivity index (χ0v) is 17.9. The molecule has 0 amide bonds. The molecule has 2 aliphatic rings. The lowest BCUT2D eigenvalue weighted by molar-refractivity contribution is 0.396. The van der Waals surface area contributed by atoms with Crippen LogP contribution in [0.3, 0.4) is 0 Å². The molecule has 136 valence electrons. The van der Waals surface area contributed by atoms with Gasteiger partial charge in [0.2, 0.25) is 10.0 Å². The average Bonchev–Trinajstić information content (AvgIpc) is 3.12. The van der Waals surface area contributed by atoms with Crippen molar-refractivity contribution in [3.63, 3.8) is 0 Å². The van der Waals surface area contributed by atoms with E-state index in [2.05, 4.69) is 15.6 Å². The summed E-state index contributed by atoms with van der Waals surface area (Å²) in [5.74, 6) is 2.06. The lowest BCUT2D eigenvalue weighted by Crippen LogP contribution is -2.42. The van der Waals surface area contributed by atoms with Crippen molar-refractivity contribution in [2.45, 2.75) is 43.9 Å². The summed E-state index contributed by atoms with van der Waals surface area (Å²) in [6.07, 6.45) is 5.68. The van der Waals surface area contributed by atoms with Gasteiger partial charge in [0.25, 0.3) is 0 Å². The standard InChI is InChI=1S/C14H28N4O2S2.HI/c1-3-15-14(17-11-13-7-5-9-21-13)16-10-12-6-4-8-18(12)22(2,19)20;/h12-13H,3-11H2,1-2H3,(H2,15,16,17);1H/t12-,13?;/m1./s1. The number of hydrogen-bond donors (Lipinski definition) is 2. The molecule has 23 heavy (non-hydrogen) atoms. The first-order valence-corrected chi connectivity index (χ1v) is 11.0. The number of nitrogens with one attached hydrogen (secondary N) is 2. The zero-order chi connectivity index (χ0) is 16.0. The van der Waals surface area contributed by atoms with Crippen LogP contribution in [0.4, 0.5) is 0 Å². The van der Waals surface area contributed by atoms with Crippen molar-refractivity contribution in [1.29, 1.82) is 0 Å². The minimum Gasteiger partial charge on any atom is -0.357 e. The Morgan fingerprint density at radius 1 is 1.30 bits per heavy atom. The van der Waals surface area contributed by atoms with E-state index in [0.717, 1.165) is 31.9 Å². The molecule has 2 aliphatic heterocycles. The third-order valence-corrected chi connectivity index (χ3v) is 6.81. The van der Waals surface area contributed by atoms with Crippen molar-refractivity contribution in [3.05, 3.63) is 0 Å². The van der Waals surface area contributed by atoms with Gasteiger partial charge >= 0.3 is 0 Å². The molecule has 2 atom stereocenters. The highest BCUT2D eigenvalue weighted by Crippen LogP contribution is 2.25. The van der Waals surface area contributed by atoms with E-state index < -0.39 is 10.0 Å². The second-order valence-electron chi connectivity index (χ2n) is 5.91. The summed E-state index contributed by atoms with van der Waals surface area (Å²) in [5, 5.41) is 7.31. The van der Waals surface area contributed by atoms with Crippen LogP contribution in [0.2, 0.25) is 0 Å². The molecule has 2 fully saturated rings. The fourth-order valence-electron chi connectivity index (χ4n) is 2.98. The second kappa shape index (κ2) is 10.3. The van der Waals surface area contributed by atoms with Crippen molar-refractivity contribution in [3.8, 4) is 0 Å². The number of thioether (sulfide) groups is 1. The molecule has 0 spiro atoms. The molecule has 2 N–H and O–H groups in total. The first kappa shape index (κ1) is 21.3. The molecule has 1 unspecified atom stereocenters. The number of guanidine groups is 1. The number of aliphatic imine (C=N–C) groups is 1. The van der Waals surface area contributed by atoms with E-state index in [1.807, 2.05) is 18.7 Å². The topological polar surface area (TPSA) is 73.8 Å². The Hall–Kier alpha value is 0.260. The summed E-state index contributed by atoms with van der Waals surface area (Å²) in [6.45, 7) is 4.93. The molecule has 2 heterocycles.